The van der Waals surface area contributed by atoms with Crippen molar-refractivity contribution in [1.82, 2.24) is 14.7 Å². The fourth-order valence-corrected chi connectivity index (χ4v) is 4.04. The largest absolute Gasteiger partial charge is 0.460 e. The van der Waals surface area contributed by atoms with Crippen LogP contribution in [0.5, 0.6) is 0 Å². The maximum atomic E-state index is 10.6. The van der Waals surface area contributed by atoms with E-state index in [1.165, 1.54) is 0 Å². The van der Waals surface area contributed by atoms with E-state index in [0.29, 0.717) is 6.04 Å². The summed E-state index contributed by atoms with van der Waals surface area (Å²) in [5.74, 6) is 0.987. The highest BCUT2D eigenvalue weighted by molar-refractivity contribution is 5.77. The fourth-order valence-electron chi connectivity index (χ4n) is 4.04. The van der Waals surface area contributed by atoms with Crippen molar-refractivity contribution >= 4 is 11.0 Å². The Balaban J connectivity index is 1.36. The number of piperazine rings is 1. The van der Waals surface area contributed by atoms with E-state index in [4.69, 9.17) is 4.42 Å². The molecule has 1 aromatic carbocycles. The standard InChI is InChI=1S/C19H27N3O2/c1-20-8-10-22(11-9-20)17-6-7-21(14-18(17)23)13-16-12-15-4-2-3-5-19(15)24-16/h2-5,12,17-18,23H,6-11,13-14H2,1H3/t17-,18-/m1/s1. The number of fused-ring (bicyclic) bond motifs is 1. The number of likely N-dealkylation sites (tertiary alicyclic amines) is 1. The Morgan fingerprint density at radius 1 is 1.12 bits per heavy atom. The third kappa shape index (κ3) is 3.35. The minimum Gasteiger partial charge on any atom is -0.460 e. The number of aliphatic hydroxyl groups is 1. The van der Waals surface area contributed by atoms with Crippen molar-refractivity contribution in [1.29, 1.82) is 0 Å². The Morgan fingerprint density at radius 2 is 1.92 bits per heavy atom. The van der Waals surface area contributed by atoms with E-state index in [1.807, 2.05) is 18.2 Å². The molecule has 0 spiro atoms. The molecule has 24 heavy (non-hydrogen) atoms. The summed E-state index contributed by atoms with van der Waals surface area (Å²) < 4.78 is 5.92. The number of furan rings is 1. The molecule has 0 unspecified atom stereocenters. The van der Waals surface area contributed by atoms with E-state index in [-0.39, 0.29) is 6.10 Å². The molecule has 0 amide bonds. The van der Waals surface area contributed by atoms with Gasteiger partial charge in [0.2, 0.25) is 0 Å². The number of piperidine rings is 1. The smallest absolute Gasteiger partial charge is 0.134 e. The van der Waals surface area contributed by atoms with Gasteiger partial charge in [0.25, 0.3) is 0 Å². The van der Waals surface area contributed by atoms with Crippen molar-refractivity contribution in [3.05, 3.63) is 36.1 Å². The van der Waals surface area contributed by atoms with Crippen LogP contribution in [0.2, 0.25) is 0 Å². The molecular formula is C19H27N3O2. The highest BCUT2D eigenvalue weighted by Crippen LogP contribution is 2.23. The Hall–Kier alpha value is -1.40. The zero-order chi connectivity index (χ0) is 16.5. The Kier molecular flexibility index (Phi) is 4.59. The number of β-amino-alcohol motifs (C(OH)–C–C–N with tert-alkyl or cyclic N) is 1. The second kappa shape index (κ2) is 6.84. The first-order chi connectivity index (χ1) is 11.7. The van der Waals surface area contributed by atoms with E-state index in [9.17, 15) is 5.11 Å². The number of likely N-dealkylation sites (N-methyl/N-ethyl adjacent to an activating group) is 1. The van der Waals surface area contributed by atoms with Gasteiger partial charge in [0.05, 0.1) is 12.6 Å². The summed E-state index contributed by atoms with van der Waals surface area (Å²) in [5, 5.41) is 11.8. The molecule has 2 aliphatic heterocycles. The molecule has 130 valence electrons. The molecule has 2 fully saturated rings. The predicted octanol–water partition coefficient (Wildman–Crippen LogP) is 1.62. The second-order valence-electron chi connectivity index (χ2n) is 7.25. The molecule has 1 N–H and O–H groups in total. The van der Waals surface area contributed by atoms with Gasteiger partial charge in [-0.1, -0.05) is 18.2 Å². The first-order valence-electron chi connectivity index (χ1n) is 8.99. The Bertz CT molecular complexity index is 645. The van der Waals surface area contributed by atoms with Gasteiger partial charge in [0.1, 0.15) is 11.3 Å². The van der Waals surface area contributed by atoms with Gasteiger partial charge in [-0.05, 0) is 25.6 Å². The van der Waals surface area contributed by atoms with E-state index in [0.717, 1.165) is 69.0 Å². The lowest BCUT2D eigenvalue weighted by atomic mass is 9.99. The van der Waals surface area contributed by atoms with Crippen LogP contribution in [0.1, 0.15) is 12.2 Å². The number of benzene rings is 1. The molecule has 3 heterocycles. The summed E-state index contributed by atoms with van der Waals surface area (Å²) in [6.07, 6.45) is 0.761. The normalized spacial score (nSPS) is 27.8. The van der Waals surface area contributed by atoms with Crippen LogP contribution >= 0.6 is 0 Å². The molecule has 2 aromatic rings. The molecule has 0 aliphatic carbocycles. The van der Waals surface area contributed by atoms with Crippen molar-refractivity contribution in [2.24, 2.45) is 0 Å². The first-order valence-corrected chi connectivity index (χ1v) is 8.99. The van der Waals surface area contributed by atoms with Crippen LogP contribution < -0.4 is 0 Å². The predicted molar refractivity (Wildman–Crippen MR) is 95.0 cm³/mol. The average Bonchev–Trinajstić information content (AvgIpc) is 2.98. The highest BCUT2D eigenvalue weighted by Gasteiger charge is 2.33. The van der Waals surface area contributed by atoms with Crippen LogP contribution in [-0.2, 0) is 6.54 Å². The van der Waals surface area contributed by atoms with Crippen LogP contribution in [0.15, 0.2) is 34.7 Å². The lowest BCUT2D eigenvalue weighted by Crippen LogP contribution is -2.58. The van der Waals surface area contributed by atoms with Gasteiger partial charge in [-0.15, -0.1) is 0 Å². The minimum atomic E-state index is -0.272. The molecule has 2 aliphatic rings. The van der Waals surface area contributed by atoms with Gasteiger partial charge < -0.3 is 14.4 Å². The third-order valence-electron chi connectivity index (χ3n) is 5.49. The summed E-state index contributed by atoms with van der Waals surface area (Å²) in [7, 11) is 2.17. The number of hydrogen-bond donors (Lipinski definition) is 1. The Morgan fingerprint density at radius 3 is 2.67 bits per heavy atom. The first kappa shape index (κ1) is 16.1. The molecule has 0 radical (unpaired) electrons. The second-order valence-corrected chi connectivity index (χ2v) is 7.25. The molecule has 1 aromatic heterocycles. The molecule has 2 saturated heterocycles. The molecule has 5 nitrogen and oxygen atoms in total. The molecule has 5 heteroatoms. The average molecular weight is 329 g/mol. The maximum Gasteiger partial charge on any atom is 0.134 e. The van der Waals surface area contributed by atoms with Crippen molar-refractivity contribution in [2.75, 3.05) is 46.3 Å². The van der Waals surface area contributed by atoms with E-state index in [1.54, 1.807) is 0 Å². The number of rotatable bonds is 3. The van der Waals surface area contributed by atoms with Crippen molar-refractivity contribution < 1.29 is 9.52 Å². The SMILES string of the molecule is CN1CCN([C@@H]2CCN(Cc3cc4ccccc4o3)C[C@H]2O)CC1. The van der Waals surface area contributed by atoms with Gasteiger partial charge in [0.15, 0.2) is 0 Å². The lowest BCUT2D eigenvalue weighted by molar-refractivity contribution is -0.0297. The van der Waals surface area contributed by atoms with E-state index in [2.05, 4.69) is 33.9 Å². The molecule has 2 atom stereocenters. The summed E-state index contributed by atoms with van der Waals surface area (Å²) in [6, 6.07) is 10.6. The van der Waals surface area contributed by atoms with Crippen LogP contribution in [0, 0.1) is 0 Å². The zero-order valence-corrected chi connectivity index (χ0v) is 14.4. The van der Waals surface area contributed by atoms with Crippen LogP contribution in [0.3, 0.4) is 0 Å². The van der Waals surface area contributed by atoms with Gasteiger partial charge in [-0.3, -0.25) is 9.80 Å². The van der Waals surface area contributed by atoms with Crippen molar-refractivity contribution in [3.63, 3.8) is 0 Å². The molecule has 4 rings (SSSR count). The van der Waals surface area contributed by atoms with Crippen LogP contribution in [-0.4, -0.2) is 78.3 Å². The van der Waals surface area contributed by atoms with E-state index >= 15 is 0 Å². The topological polar surface area (TPSA) is 43.1 Å². The maximum absolute atomic E-state index is 10.6. The van der Waals surface area contributed by atoms with Crippen LogP contribution in [0.4, 0.5) is 0 Å². The summed E-state index contributed by atoms with van der Waals surface area (Å²) in [4.78, 5) is 7.15. The number of nitrogens with zero attached hydrogens (tertiary/aromatic N) is 3. The minimum absolute atomic E-state index is 0.272. The molecule has 0 bridgehead atoms. The monoisotopic (exact) mass is 329 g/mol. The molecular weight excluding hydrogens is 302 g/mol. The highest BCUT2D eigenvalue weighted by atomic mass is 16.3. The lowest BCUT2D eigenvalue weighted by Gasteiger charge is -2.44. The van der Waals surface area contributed by atoms with Gasteiger partial charge in [0, 0.05) is 50.7 Å². The zero-order valence-electron chi connectivity index (χ0n) is 14.4. The third-order valence-corrected chi connectivity index (χ3v) is 5.49. The summed E-state index contributed by atoms with van der Waals surface area (Å²) in [6.45, 7) is 6.88. The summed E-state index contributed by atoms with van der Waals surface area (Å²) >= 11 is 0. The van der Waals surface area contributed by atoms with Crippen molar-refractivity contribution in [3.8, 4) is 0 Å². The van der Waals surface area contributed by atoms with Crippen LogP contribution in [0.25, 0.3) is 11.0 Å². The Labute approximate surface area is 143 Å². The fraction of sp³-hybridized carbons (Fsp3) is 0.579. The van der Waals surface area contributed by atoms with E-state index < -0.39 is 0 Å². The van der Waals surface area contributed by atoms with Gasteiger partial charge >= 0.3 is 0 Å². The number of aliphatic hydroxyl groups excluding tert-OH is 1. The molecule has 0 saturated carbocycles. The van der Waals surface area contributed by atoms with Gasteiger partial charge in [-0.2, -0.15) is 0 Å². The van der Waals surface area contributed by atoms with Crippen molar-refractivity contribution in [2.45, 2.75) is 25.1 Å². The number of hydrogen-bond acceptors (Lipinski definition) is 5. The number of para-hydroxylation sites is 1. The van der Waals surface area contributed by atoms with Gasteiger partial charge in [-0.25, -0.2) is 0 Å². The quantitative estimate of drug-likeness (QED) is 0.927. The summed E-state index contributed by atoms with van der Waals surface area (Å²) in [5.41, 5.74) is 0.945.